The van der Waals surface area contributed by atoms with Crippen molar-refractivity contribution in [3.8, 4) is 34.5 Å². The van der Waals surface area contributed by atoms with E-state index in [1.165, 1.54) is 12.1 Å². The number of morpholine rings is 2. The van der Waals surface area contributed by atoms with Crippen LogP contribution in [0, 0.1) is 0 Å². The molecule has 2 aliphatic rings. The number of nitrogens with one attached hydrogen (secondary N) is 1. The topological polar surface area (TPSA) is 209 Å². The number of benzene rings is 2. The average Bonchev–Trinajstić information content (AvgIpc) is 2.95. The van der Waals surface area contributed by atoms with Crippen LogP contribution in [0.2, 0.25) is 0 Å². The van der Waals surface area contributed by atoms with Crippen LogP contribution in [0.1, 0.15) is 33.7 Å². The first kappa shape index (κ1) is 34.4. The largest absolute Gasteiger partial charge is 0.504 e. The number of aliphatic hydroxyl groups is 1. The molecule has 214 valence electrons. The van der Waals surface area contributed by atoms with Gasteiger partial charge in [-0.15, -0.1) is 0 Å². The molecule has 0 bridgehead atoms. The van der Waals surface area contributed by atoms with Crippen molar-refractivity contribution in [1.82, 2.24) is 10.2 Å². The predicted octanol–water partition coefficient (Wildman–Crippen LogP) is 0.915. The number of nitrogens with zero attached hydrogens (tertiary/aromatic N) is 1. The van der Waals surface area contributed by atoms with Gasteiger partial charge in [0, 0.05) is 45.4 Å². The third-order valence-corrected chi connectivity index (χ3v) is 5.12. The maximum atomic E-state index is 10.7. The molecule has 0 amide bonds. The van der Waals surface area contributed by atoms with Crippen molar-refractivity contribution in [2.45, 2.75) is 14.0 Å². The Balaban J connectivity index is 0.000000582. The van der Waals surface area contributed by atoms with Crippen molar-refractivity contribution < 1.29 is 54.8 Å². The summed E-state index contributed by atoms with van der Waals surface area (Å²) in [7, 11) is 1.00. The second-order valence-electron chi connectivity index (χ2n) is 7.53. The Morgan fingerprint density at radius 2 is 1.29 bits per heavy atom. The second kappa shape index (κ2) is 18.6. The van der Waals surface area contributed by atoms with Crippen LogP contribution in [0.15, 0.2) is 18.2 Å². The Morgan fingerprint density at radius 1 is 0.763 bits per heavy atom. The van der Waals surface area contributed by atoms with Gasteiger partial charge in [-0.25, -0.2) is 0 Å². The molecule has 2 saturated heterocycles. The predicted molar refractivity (Wildman–Crippen MR) is 138 cm³/mol. The van der Waals surface area contributed by atoms with Gasteiger partial charge in [0.2, 0.25) is 11.5 Å². The standard InChI is InChI=1S/C12H15NO5.C7H6O4.C4H9NO.CH4O.CH4/c14-7-9-5-8(10(15)12(17)11(9)16)6-13-1-3-18-4-2-13;8-3-4-1-2-5(9)7(11)6(4)10;1-3-6-4-2-5-1;1-2;/h5,7,15-17H,1-4,6H2;1-3,9-11H;5H,1-4H2;2H,1H3;1H4. The van der Waals surface area contributed by atoms with E-state index in [2.05, 4.69) is 5.32 Å². The number of hydrogen-bond donors (Lipinski definition) is 8. The first-order valence-electron chi connectivity index (χ1n) is 11.2. The molecule has 0 radical (unpaired) electrons. The fourth-order valence-corrected chi connectivity index (χ4v) is 3.13. The van der Waals surface area contributed by atoms with E-state index >= 15 is 0 Å². The number of aliphatic hydroxyl groups excluding tert-OH is 1. The fourth-order valence-electron chi connectivity index (χ4n) is 3.13. The van der Waals surface area contributed by atoms with E-state index in [4.69, 9.17) is 29.9 Å². The summed E-state index contributed by atoms with van der Waals surface area (Å²) < 4.78 is 10.2. The van der Waals surface area contributed by atoms with Crippen LogP contribution in [0.25, 0.3) is 0 Å². The van der Waals surface area contributed by atoms with E-state index in [0.29, 0.717) is 37.9 Å². The minimum Gasteiger partial charge on any atom is -0.504 e. The number of phenols is 6. The van der Waals surface area contributed by atoms with Gasteiger partial charge < -0.3 is 50.5 Å². The summed E-state index contributed by atoms with van der Waals surface area (Å²) in [6.07, 6.45) is 0.825. The molecule has 38 heavy (non-hydrogen) atoms. The number of carbonyl (C=O) groups excluding carboxylic acids is 2. The molecule has 8 N–H and O–H groups in total. The molecular weight excluding hydrogens is 504 g/mol. The lowest BCUT2D eigenvalue weighted by molar-refractivity contribution is 0.0338. The van der Waals surface area contributed by atoms with Crippen LogP contribution in [0.4, 0.5) is 0 Å². The third-order valence-electron chi connectivity index (χ3n) is 5.12. The molecular formula is C25H38N2O11. The molecule has 4 rings (SSSR count). The Labute approximate surface area is 221 Å². The van der Waals surface area contributed by atoms with Crippen molar-refractivity contribution in [1.29, 1.82) is 0 Å². The maximum Gasteiger partial charge on any atom is 0.201 e. The third kappa shape index (κ3) is 10.4. The van der Waals surface area contributed by atoms with Crippen molar-refractivity contribution in [3.05, 3.63) is 34.9 Å². The van der Waals surface area contributed by atoms with Crippen LogP contribution in [0.3, 0.4) is 0 Å². The molecule has 2 fully saturated rings. The molecule has 0 unspecified atom stereocenters. The van der Waals surface area contributed by atoms with E-state index in [1.807, 2.05) is 4.90 Å². The van der Waals surface area contributed by atoms with Gasteiger partial charge in [0.25, 0.3) is 0 Å². The minimum atomic E-state index is -0.672. The summed E-state index contributed by atoms with van der Waals surface area (Å²) in [5.41, 5.74) is 0.322. The highest BCUT2D eigenvalue weighted by atomic mass is 16.5. The van der Waals surface area contributed by atoms with Gasteiger partial charge >= 0.3 is 0 Å². The van der Waals surface area contributed by atoms with E-state index < -0.39 is 28.7 Å². The lowest BCUT2D eigenvalue weighted by Gasteiger charge is -2.27. The van der Waals surface area contributed by atoms with Crippen LogP contribution in [-0.2, 0) is 16.0 Å². The molecule has 2 heterocycles. The zero-order chi connectivity index (χ0) is 27.8. The first-order valence-corrected chi connectivity index (χ1v) is 11.2. The van der Waals surface area contributed by atoms with E-state index in [-0.39, 0.29) is 24.3 Å². The lowest BCUT2D eigenvalue weighted by Crippen LogP contribution is -2.35. The molecule has 2 aromatic carbocycles. The number of rotatable bonds is 4. The lowest BCUT2D eigenvalue weighted by atomic mass is 10.1. The highest BCUT2D eigenvalue weighted by Crippen LogP contribution is 2.40. The van der Waals surface area contributed by atoms with E-state index in [9.17, 15) is 24.9 Å². The summed E-state index contributed by atoms with van der Waals surface area (Å²) in [6.45, 7) is 6.90. The molecule has 2 aromatic rings. The van der Waals surface area contributed by atoms with Crippen molar-refractivity contribution in [2.75, 3.05) is 59.7 Å². The zero-order valence-electron chi connectivity index (χ0n) is 20.5. The van der Waals surface area contributed by atoms with E-state index in [1.54, 1.807) is 0 Å². The van der Waals surface area contributed by atoms with Gasteiger partial charge in [-0.2, -0.15) is 0 Å². The summed E-state index contributed by atoms with van der Waals surface area (Å²) in [4.78, 5) is 22.9. The molecule has 0 saturated carbocycles. The van der Waals surface area contributed by atoms with Crippen LogP contribution < -0.4 is 5.32 Å². The molecule has 13 nitrogen and oxygen atoms in total. The monoisotopic (exact) mass is 542 g/mol. The van der Waals surface area contributed by atoms with Gasteiger partial charge in [-0.3, -0.25) is 14.5 Å². The SMILES string of the molecule is C.C1COCCN1.CO.O=Cc1cc(CN2CCOCC2)c(O)c(O)c1O.O=Cc1ccc(O)c(O)c1O. The normalized spacial score (nSPS) is 14.6. The summed E-state index contributed by atoms with van der Waals surface area (Å²) in [6, 6.07) is 3.71. The number of ether oxygens (including phenoxy) is 2. The van der Waals surface area contributed by atoms with Gasteiger partial charge in [0.15, 0.2) is 35.6 Å². The van der Waals surface area contributed by atoms with Gasteiger partial charge in [0.1, 0.15) is 0 Å². The summed E-state index contributed by atoms with van der Waals surface area (Å²) >= 11 is 0. The van der Waals surface area contributed by atoms with E-state index in [0.717, 1.165) is 52.6 Å². The Hall–Kier alpha value is -3.62. The number of aromatic hydroxyl groups is 6. The Kier molecular flexibility index (Phi) is 16.8. The number of carbonyl (C=O) groups is 2. The van der Waals surface area contributed by atoms with Crippen molar-refractivity contribution in [3.63, 3.8) is 0 Å². The highest BCUT2D eigenvalue weighted by Gasteiger charge is 2.19. The summed E-state index contributed by atoms with van der Waals surface area (Å²) in [5.74, 6) is -3.34. The van der Waals surface area contributed by atoms with Crippen molar-refractivity contribution >= 4 is 12.6 Å². The maximum absolute atomic E-state index is 10.7. The van der Waals surface area contributed by atoms with Crippen molar-refractivity contribution in [2.24, 2.45) is 0 Å². The van der Waals surface area contributed by atoms with Gasteiger partial charge in [0.05, 0.1) is 37.6 Å². The molecule has 2 aliphatic heterocycles. The molecule has 0 spiro atoms. The highest BCUT2D eigenvalue weighted by molar-refractivity contribution is 5.83. The molecule has 0 aliphatic carbocycles. The quantitative estimate of drug-likeness (QED) is 0.200. The minimum absolute atomic E-state index is 0. The molecule has 0 aromatic heterocycles. The summed E-state index contributed by atoms with van der Waals surface area (Å²) in [5, 5.41) is 65.5. The zero-order valence-corrected chi connectivity index (χ0v) is 20.5. The Morgan fingerprint density at radius 3 is 1.76 bits per heavy atom. The molecule has 13 heteroatoms. The first-order chi connectivity index (χ1) is 17.8. The van der Waals surface area contributed by atoms with Gasteiger partial charge in [-0.05, 0) is 18.2 Å². The second-order valence-corrected chi connectivity index (χ2v) is 7.53. The van der Waals surface area contributed by atoms with Crippen LogP contribution in [-0.4, -0.2) is 113 Å². The fraction of sp³-hybridized carbons (Fsp3) is 0.440. The molecule has 0 atom stereocenters. The average molecular weight is 543 g/mol. The Bertz CT molecular complexity index is 980. The number of phenolic OH excluding ortho intramolecular Hbond substituents is 6. The number of aldehydes is 2. The van der Waals surface area contributed by atoms with Crippen LogP contribution >= 0.6 is 0 Å². The van der Waals surface area contributed by atoms with Gasteiger partial charge in [-0.1, -0.05) is 7.43 Å². The number of hydrogen-bond acceptors (Lipinski definition) is 13. The smallest absolute Gasteiger partial charge is 0.201 e. The van der Waals surface area contributed by atoms with Crippen LogP contribution in [0.5, 0.6) is 34.5 Å².